The predicted octanol–water partition coefficient (Wildman–Crippen LogP) is 2.08. The SMILES string of the molecule is CCOc1ccc(CNn2cn[nH]c2=S)cc1. The molecule has 2 N–H and O–H groups in total. The maximum absolute atomic E-state index is 5.37. The van der Waals surface area contributed by atoms with Crippen LogP contribution < -0.4 is 10.2 Å². The van der Waals surface area contributed by atoms with Gasteiger partial charge in [0.15, 0.2) is 0 Å². The fraction of sp³-hybridized carbons (Fsp3) is 0.273. The van der Waals surface area contributed by atoms with Crippen LogP contribution in [0.2, 0.25) is 0 Å². The lowest BCUT2D eigenvalue weighted by Gasteiger charge is -2.07. The molecule has 0 aliphatic carbocycles. The van der Waals surface area contributed by atoms with Gasteiger partial charge in [0, 0.05) is 0 Å². The Kier molecular flexibility index (Phi) is 3.77. The van der Waals surface area contributed by atoms with Crippen LogP contribution in [0.5, 0.6) is 5.75 Å². The number of nitrogens with zero attached hydrogens (tertiary/aromatic N) is 2. The molecule has 6 heteroatoms. The van der Waals surface area contributed by atoms with Gasteiger partial charge in [-0.25, -0.2) is 4.68 Å². The Morgan fingerprint density at radius 3 is 2.76 bits per heavy atom. The molecular formula is C11H14N4OS. The highest BCUT2D eigenvalue weighted by molar-refractivity contribution is 7.71. The fourth-order valence-electron chi connectivity index (χ4n) is 1.41. The summed E-state index contributed by atoms with van der Waals surface area (Å²) in [6, 6.07) is 7.94. The predicted molar refractivity (Wildman–Crippen MR) is 68.1 cm³/mol. The molecule has 1 heterocycles. The molecule has 0 aliphatic heterocycles. The van der Waals surface area contributed by atoms with Crippen LogP contribution in [0.15, 0.2) is 30.6 Å². The Morgan fingerprint density at radius 2 is 2.18 bits per heavy atom. The maximum Gasteiger partial charge on any atom is 0.214 e. The Hall–Kier alpha value is -1.82. The normalized spacial score (nSPS) is 10.2. The van der Waals surface area contributed by atoms with E-state index in [-0.39, 0.29) is 0 Å². The zero-order valence-electron chi connectivity index (χ0n) is 9.51. The minimum absolute atomic E-state index is 0.552. The number of hydrogen-bond donors (Lipinski definition) is 2. The van der Waals surface area contributed by atoms with E-state index in [0.717, 1.165) is 11.3 Å². The van der Waals surface area contributed by atoms with Crippen LogP contribution >= 0.6 is 12.2 Å². The Morgan fingerprint density at radius 1 is 1.41 bits per heavy atom. The molecule has 0 saturated carbocycles. The second kappa shape index (κ2) is 5.49. The number of hydrogen-bond acceptors (Lipinski definition) is 4. The molecule has 0 amide bonds. The number of H-pyrrole nitrogens is 1. The first kappa shape index (κ1) is 11.7. The molecule has 0 bridgehead atoms. The highest BCUT2D eigenvalue weighted by Gasteiger charge is 1.96. The van der Waals surface area contributed by atoms with Gasteiger partial charge < -0.3 is 10.2 Å². The van der Waals surface area contributed by atoms with E-state index in [1.165, 1.54) is 0 Å². The van der Waals surface area contributed by atoms with E-state index in [9.17, 15) is 0 Å². The number of aromatic amines is 1. The summed E-state index contributed by atoms with van der Waals surface area (Å²) < 4.78 is 7.60. The van der Waals surface area contributed by atoms with E-state index < -0.39 is 0 Å². The first-order valence-corrected chi connectivity index (χ1v) is 5.78. The van der Waals surface area contributed by atoms with Crippen molar-refractivity contribution in [1.29, 1.82) is 0 Å². The van der Waals surface area contributed by atoms with Gasteiger partial charge in [-0.2, -0.15) is 5.10 Å². The third-order valence-corrected chi connectivity index (χ3v) is 2.53. The summed E-state index contributed by atoms with van der Waals surface area (Å²) >= 11 is 5.02. The van der Waals surface area contributed by atoms with Crippen LogP contribution in [-0.2, 0) is 6.54 Å². The monoisotopic (exact) mass is 250 g/mol. The Balaban J connectivity index is 1.95. The lowest BCUT2D eigenvalue weighted by atomic mass is 10.2. The molecule has 5 nitrogen and oxygen atoms in total. The average molecular weight is 250 g/mol. The van der Waals surface area contributed by atoms with Crippen LogP contribution in [0, 0.1) is 4.77 Å². The first-order valence-electron chi connectivity index (χ1n) is 5.37. The molecular weight excluding hydrogens is 236 g/mol. The van der Waals surface area contributed by atoms with Crippen molar-refractivity contribution < 1.29 is 4.74 Å². The van der Waals surface area contributed by atoms with E-state index in [1.54, 1.807) is 11.0 Å². The van der Waals surface area contributed by atoms with Crippen LogP contribution in [0.3, 0.4) is 0 Å². The van der Waals surface area contributed by atoms with Crippen LogP contribution in [0.4, 0.5) is 0 Å². The minimum Gasteiger partial charge on any atom is -0.494 e. The van der Waals surface area contributed by atoms with Crippen molar-refractivity contribution in [2.45, 2.75) is 13.5 Å². The van der Waals surface area contributed by atoms with Crippen molar-refractivity contribution in [3.05, 3.63) is 40.9 Å². The number of ether oxygens (including phenoxy) is 1. The first-order chi connectivity index (χ1) is 8.29. The number of rotatable bonds is 5. The average Bonchev–Trinajstić information content (AvgIpc) is 2.75. The number of nitrogens with one attached hydrogen (secondary N) is 2. The highest BCUT2D eigenvalue weighted by Crippen LogP contribution is 2.11. The molecule has 0 saturated heterocycles. The van der Waals surface area contributed by atoms with E-state index in [4.69, 9.17) is 17.0 Å². The lowest BCUT2D eigenvalue weighted by molar-refractivity contribution is 0.340. The second-order valence-corrected chi connectivity index (χ2v) is 3.83. The largest absolute Gasteiger partial charge is 0.494 e. The smallest absolute Gasteiger partial charge is 0.214 e. The van der Waals surface area contributed by atoms with Gasteiger partial charge in [-0.1, -0.05) is 12.1 Å². The molecule has 2 rings (SSSR count). The fourth-order valence-corrected chi connectivity index (χ4v) is 1.57. The Labute approximate surface area is 104 Å². The van der Waals surface area contributed by atoms with Gasteiger partial charge in [0.2, 0.25) is 4.77 Å². The summed E-state index contributed by atoms with van der Waals surface area (Å²) in [4.78, 5) is 0. The summed E-state index contributed by atoms with van der Waals surface area (Å²) in [6.07, 6.45) is 1.61. The molecule has 0 fully saturated rings. The van der Waals surface area contributed by atoms with Gasteiger partial charge in [0.05, 0.1) is 13.2 Å². The summed E-state index contributed by atoms with van der Waals surface area (Å²) in [5.41, 5.74) is 4.29. The van der Waals surface area contributed by atoms with Crippen LogP contribution in [0.1, 0.15) is 12.5 Å². The molecule has 1 aromatic carbocycles. The van der Waals surface area contributed by atoms with Gasteiger partial charge in [-0.15, -0.1) is 0 Å². The maximum atomic E-state index is 5.37. The van der Waals surface area contributed by atoms with Gasteiger partial charge in [-0.3, -0.25) is 5.10 Å². The molecule has 17 heavy (non-hydrogen) atoms. The number of benzene rings is 1. The molecule has 0 aliphatic rings. The molecule has 2 aromatic rings. The third-order valence-electron chi connectivity index (χ3n) is 2.24. The van der Waals surface area contributed by atoms with Gasteiger partial charge in [0.1, 0.15) is 12.1 Å². The van der Waals surface area contributed by atoms with E-state index in [0.29, 0.717) is 17.9 Å². The molecule has 0 spiro atoms. The highest BCUT2D eigenvalue weighted by atomic mass is 32.1. The molecule has 0 atom stereocenters. The van der Waals surface area contributed by atoms with Crippen LogP contribution in [0.25, 0.3) is 0 Å². The standard InChI is InChI=1S/C11H14N4OS/c1-2-16-10-5-3-9(4-6-10)7-13-15-8-12-14-11(15)17/h3-6,8,13H,2,7H2,1H3,(H,14,17). The zero-order valence-corrected chi connectivity index (χ0v) is 10.3. The van der Waals surface area contributed by atoms with Crippen molar-refractivity contribution in [2.24, 2.45) is 0 Å². The van der Waals surface area contributed by atoms with Crippen molar-refractivity contribution in [3.8, 4) is 5.75 Å². The second-order valence-electron chi connectivity index (χ2n) is 3.44. The van der Waals surface area contributed by atoms with Crippen molar-refractivity contribution in [2.75, 3.05) is 12.0 Å². The van der Waals surface area contributed by atoms with Gasteiger partial charge in [-0.05, 0) is 36.8 Å². The molecule has 0 unspecified atom stereocenters. The van der Waals surface area contributed by atoms with E-state index >= 15 is 0 Å². The van der Waals surface area contributed by atoms with Crippen molar-refractivity contribution in [3.63, 3.8) is 0 Å². The topological polar surface area (TPSA) is 54.9 Å². The summed E-state index contributed by atoms with van der Waals surface area (Å²) in [7, 11) is 0. The van der Waals surface area contributed by atoms with E-state index in [2.05, 4.69) is 15.6 Å². The van der Waals surface area contributed by atoms with E-state index in [1.807, 2.05) is 31.2 Å². The molecule has 90 valence electrons. The Bertz CT molecular complexity index is 517. The minimum atomic E-state index is 0.552. The molecule has 1 aromatic heterocycles. The van der Waals surface area contributed by atoms with Crippen molar-refractivity contribution >= 4 is 12.2 Å². The molecule has 0 radical (unpaired) electrons. The third kappa shape index (κ3) is 3.07. The van der Waals surface area contributed by atoms with Gasteiger partial charge >= 0.3 is 0 Å². The lowest BCUT2D eigenvalue weighted by Crippen LogP contribution is -2.13. The van der Waals surface area contributed by atoms with Gasteiger partial charge in [0.25, 0.3) is 0 Å². The quantitative estimate of drug-likeness (QED) is 0.798. The van der Waals surface area contributed by atoms with Crippen LogP contribution in [-0.4, -0.2) is 21.5 Å². The summed E-state index contributed by atoms with van der Waals surface area (Å²) in [5.74, 6) is 0.885. The zero-order chi connectivity index (χ0) is 12.1. The van der Waals surface area contributed by atoms with Crippen molar-refractivity contribution in [1.82, 2.24) is 14.9 Å². The summed E-state index contributed by atoms with van der Waals surface area (Å²) in [5, 5.41) is 6.50. The summed E-state index contributed by atoms with van der Waals surface area (Å²) in [6.45, 7) is 3.33. The number of aromatic nitrogens is 3.